The minimum atomic E-state index is -0.737. The van der Waals surface area contributed by atoms with Crippen molar-refractivity contribution >= 4 is 5.97 Å². The Labute approximate surface area is 106 Å². The number of methoxy groups -OCH3 is 1. The number of para-hydroxylation sites is 1. The van der Waals surface area contributed by atoms with Crippen molar-refractivity contribution in [3.63, 3.8) is 0 Å². The first kappa shape index (κ1) is 12.2. The summed E-state index contributed by atoms with van der Waals surface area (Å²) in [5, 5.41) is 0. The van der Waals surface area contributed by atoms with E-state index in [1.54, 1.807) is 12.1 Å². The summed E-state index contributed by atoms with van der Waals surface area (Å²) in [4.78, 5) is 11.8. The molecule has 0 aliphatic heterocycles. The van der Waals surface area contributed by atoms with E-state index < -0.39 is 12.1 Å². The third-order valence-corrected chi connectivity index (χ3v) is 2.51. The summed E-state index contributed by atoms with van der Waals surface area (Å²) in [6, 6.07) is 18.5. The van der Waals surface area contributed by atoms with E-state index in [-0.39, 0.29) is 0 Å². The third-order valence-electron chi connectivity index (χ3n) is 2.51. The van der Waals surface area contributed by atoms with Gasteiger partial charge in [-0.3, -0.25) is 0 Å². The van der Waals surface area contributed by atoms with Gasteiger partial charge in [0.1, 0.15) is 5.75 Å². The van der Waals surface area contributed by atoms with Crippen LogP contribution in [-0.2, 0) is 9.53 Å². The second kappa shape index (κ2) is 5.87. The standard InChI is InChI=1S/C15H14O3/c1-17-15(16)14(12-8-4-2-5-9-12)18-13-10-6-3-7-11-13/h2-11,14H,1H3. The molecule has 0 aliphatic rings. The fourth-order valence-electron chi connectivity index (χ4n) is 1.62. The molecule has 2 aromatic rings. The summed E-state index contributed by atoms with van der Waals surface area (Å²) in [6.45, 7) is 0. The molecule has 92 valence electrons. The van der Waals surface area contributed by atoms with E-state index in [1.807, 2.05) is 48.5 Å². The Balaban J connectivity index is 2.24. The molecule has 0 fully saturated rings. The molecule has 0 spiro atoms. The van der Waals surface area contributed by atoms with E-state index in [0.29, 0.717) is 5.75 Å². The topological polar surface area (TPSA) is 35.5 Å². The van der Waals surface area contributed by atoms with Gasteiger partial charge in [-0.15, -0.1) is 0 Å². The van der Waals surface area contributed by atoms with Crippen LogP contribution in [-0.4, -0.2) is 13.1 Å². The number of benzene rings is 2. The fourth-order valence-corrected chi connectivity index (χ4v) is 1.62. The smallest absolute Gasteiger partial charge is 0.351 e. The molecular formula is C15H14O3. The second-order valence-corrected chi connectivity index (χ2v) is 3.74. The van der Waals surface area contributed by atoms with Crippen LogP contribution in [0.15, 0.2) is 60.7 Å². The molecule has 0 bridgehead atoms. The van der Waals surface area contributed by atoms with Crippen LogP contribution >= 0.6 is 0 Å². The lowest BCUT2D eigenvalue weighted by Crippen LogP contribution is -2.20. The van der Waals surface area contributed by atoms with Crippen LogP contribution < -0.4 is 4.74 Å². The number of ether oxygens (including phenoxy) is 2. The predicted octanol–water partition coefficient (Wildman–Crippen LogP) is 2.98. The highest BCUT2D eigenvalue weighted by molar-refractivity contribution is 5.76. The maximum Gasteiger partial charge on any atom is 0.351 e. The monoisotopic (exact) mass is 242 g/mol. The van der Waals surface area contributed by atoms with Gasteiger partial charge >= 0.3 is 5.97 Å². The predicted molar refractivity (Wildman–Crippen MR) is 68.3 cm³/mol. The molecule has 2 rings (SSSR count). The van der Waals surface area contributed by atoms with Crippen molar-refractivity contribution < 1.29 is 14.3 Å². The van der Waals surface area contributed by atoms with Crippen molar-refractivity contribution in [2.24, 2.45) is 0 Å². The Bertz CT molecular complexity index is 494. The lowest BCUT2D eigenvalue weighted by Gasteiger charge is -2.17. The molecule has 18 heavy (non-hydrogen) atoms. The molecule has 0 aromatic heterocycles. The van der Waals surface area contributed by atoms with Crippen LogP contribution in [0.2, 0.25) is 0 Å². The summed E-state index contributed by atoms with van der Waals surface area (Å²) in [5.74, 6) is 0.224. The number of rotatable bonds is 4. The third kappa shape index (κ3) is 2.88. The van der Waals surface area contributed by atoms with Gasteiger partial charge in [-0.1, -0.05) is 48.5 Å². The molecule has 2 aromatic carbocycles. The van der Waals surface area contributed by atoms with Crippen LogP contribution in [0.4, 0.5) is 0 Å². The van der Waals surface area contributed by atoms with E-state index in [9.17, 15) is 4.79 Å². The average molecular weight is 242 g/mol. The van der Waals surface area contributed by atoms with Gasteiger partial charge in [0.25, 0.3) is 0 Å². The van der Waals surface area contributed by atoms with E-state index in [4.69, 9.17) is 9.47 Å². The van der Waals surface area contributed by atoms with Crippen molar-refractivity contribution in [1.82, 2.24) is 0 Å². The largest absolute Gasteiger partial charge is 0.474 e. The van der Waals surface area contributed by atoms with Gasteiger partial charge in [0.2, 0.25) is 6.10 Å². The van der Waals surface area contributed by atoms with E-state index in [0.717, 1.165) is 5.56 Å². The molecule has 0 aliphatic carbocycles. The van der Waals surface area contributed by atoms with Gasteiger partial charge in [-0.2, -0.15) is 0 Å². The summed E-state index contributed by atoms with van der Waals surface area (Å²) in [5.41, 5.74) is 0.771. The van der Waals surface area contributed by atoms with Crippen molar-refractivity contribution in [1.29, 1.82) is 0 Å². The number of esters is 1. The first-order valence-corrected chi connectivity index (χ1v) is 5.66. The van der Waals surface area contributed by atoms with Crippen molar-refractivity contribution in [2.45, 2.75) is 6.10 Å². The van der Waals surface area contributed by atoms with Crippen molar-refractivity contribution in [3.8, 4) is 5.75 Å². The molecule has 3 heteroatoms. The minimum absolute atomic E-state index is 0.412. The quantitative estimate of drug-likeness (QED) is 0.773. The zero-order valence-electron chi connectivity index (χ0n) is 10.1. The van der Waals surface area contributed by atoms with Crippen LogP contribution in [0.3, 0.4) is 0 Å². The first-order valence-electron chi connectivity index (χ1n) is 5.66. The Hall–Kier alpha value is -2.29. The molecule has 0 saturated heterocycles. The normalized spacial score (nSPS) is 11.6. The molecule has 0 radical (unpaired) electrons. The molecule has 1 unspecified atom stereocenters. The Morgan fingerprint density at radius 2 is 1.50 bits per heavy atom. The van der Waals surface area contributed by atoms with Crippen LogP contribution in [0.1, 0.15) is 11.7 Å². The molecule has 0 N–H and O–H groups in total. The highest BCUT2D eigenvalue weighted by atomic mass is 16.6. The zero-order valence-corrected chi connectivity index (χ0v) is 10.1. The van der Waals surface area contributed by atoms with Crippen LogP contribution in [0.25, 0.3) is 0 Å². The molecule has 0 heterocycles. The molecule has 0 saturated carbocycles. The Morgan fingerprint density at radius 1 is 0.944 bits per heavy atom. The lowest BCUT2D eigenvalue weighted by molar-refractivity contribution is -0.149. The SMILES string of the molecule is COC(=O)C(Oc1ccccc1)c1ccccc1. The van der Waals surface area contributed by atoms with E-state index in [1.165, 1.54) is 7.11 Å². The second-order valence-electron chi connectivity index (χ2n) is 3.74. The minimum Gasteiger partial charge on any atom is -0.474 e. The molecule has 3 nitrogen and oxygen atoms in total. The van der Waals surface area contributed by atoms with Crippen molar-refractivity contribution in [2.75, 3.05) is 7.11 Å². The lowest BCUT2D eigenvalue weighted by atomic mass is 10.1. The summed E-state index contributed by atoms with van der Waals surface area (Å²) < 4.78 is 10.5. The van der Waals surface area contributed by atoms with E-state index >= 15 is 0 Å². The van der Waals surface area contributed by atoms with Crippen molar-refractivity contribution in [3.05, 3.63) is 66.2 Å². The summed E-state index contributed by atoms with van der Waals surface area (Å²) in [7, 11) is 1.35. The molecular weight excluding hydrogens is 228 g/mol. The molecule has 0 amide bonds. The van der Waals surface area contributed by atoms with E-state index in [2.05, 4.69) is 0 Å². The van der Waals surface area contributed by atoms with Gasteiger partial charge in [0.05, 0.1) is 7.11 Å². The van der Waals surface area contributed by atoms with Crippen LogP contribution in [0.5, 0.6) is 5.75 Å². The van der Waals surface area contributed by atoms with Gasteiger partial charge in [-0.25, -0.2) is 4.79 Å². The fraction of sp³-hybridized carbons (Fsp3) is 0.133. The van der Waals surface area contributed by atoms with Crippen LogP contribution in [0, 0.1) is 0 Å². The molecule has 1 atom stereocenters. The van der Waals surface area contributed by atoms with Gasteiger partial charge in [0.15, 0.2) is 0 Å². The zero-order chi connectivity index (χ0) is 12.8. The maximum absolute atomic E-state index is 11.8. The number of hydrogen-bond acceptors (Lipinski definition) is 3. The van der Waals surface area contributed by atoms with Gasteiger partial charge in [0, 0.05) is 5.56 Å². The number of hydrogen-bond donors (Lipinski definition) is 0. The average Bonchev–Trinajstić information content (AvgIpc) is 2.46. The Kier molecular flexibility index (Phi) is 3.97. The number of carbonyl (C=O) groups excluding carboxylic acids is 1. The first-order chi connectivity index (χ1) is 8.81. The number of carbonyl (C=O) groups is 1. The van der Waals surface area contributed by atoms with Gasteiger partial charge < -0.3 is 9.47 Å². The Morgan fingerprint density at radius 3 is 2.06 bits per heavy atom. The maximum atomic E-state index is 11.8. The summed E-state index contributed by atoms with van der Waals surface area (Å²) >= 11 is 0. The van der Waals surface area contributed by atoms with Gasteiger partial charge in [-0.05, 0) is 12.1 Å². The highest BCUT2D eigenvalue weighted by Crippen LogP contribution is 2.22. The highest BCUT2D eigenvalue weighted by Gasteiger charge is 2.23. The summed E-state index contributed by atoms with van der Waals surface area (Å²) in [6.07, 6.45) is -0.737.